The summed E-state index contributed by atoms with van der Waals surface area (Å²) >= 11 is 1.71. The van der Waals surface area contributed by atoms with E-state index in [9.17, 15) is 0 Å². The summed E-state index contributed by atoms with van der Waals surface area (Å²) in [4.78, 5) is 2.38. The lowest BCUT2D eigenvalue weighted by molar-refractivity contribution is 0.181. The molecule has 1 aromatic carbocycles. The van der Waals surface area contributed by atoms with Gasteiger partial charge in [-0.25, -0.2) is 0 Å². The van der Waals surface area contributed by atoms with Crippen molar-refractivity contribution >= 4 is 11.3 Å². The molecule has 3 nitrogen and oxygen atoms in total. The van der Waals surface area contributed by atoms with Crippen LogP contribution in [0.1, 0.15) is 28.3 Å². The predicted molar refractivity (Wildman–Crippen MR) is 83.3 cm³/mol. The van der Waals surface area contributed by atoms with Crippen molar-refractivity contribution in [2.75, 3.05) is 6.61 Å². The second-order valence-electron chi connectivity index (χ2n) is 4.93. The second-order valence-corrected chi connectivity index (χ2v) is 6.25. The highest BCUT2D eigenvalue weighted by Gasteiger charge is 2.21. The minimum atomic E-state index is -0.159. The molecule has 0 amide bonds. The summed E-state index contributed by atoms with van der Waals surface area (Å²) in [5.74, 6) is 0.801. The standard InChI is InChI=1S/C16H21NO2S/c1-11-7-8-15(20-11)16(12(2)17)19-14-6-4-3-5-13(14)9-10-18/h3-8,12,16,18H,9-10,17H2,1-2H3. The van der Waals surface area contributed by atoms with Gasteiger partial charge in [-0.15, -0.1) is 11.3 Å². The Bertz CT molecular complexity index is 551. The third-order valence-electron chi connectivity index (χ3n) is 3.13. The SMILES string of the molecule is Cc1ccc(C(Oc2ccccc2CCO)C(C)N)s1. The Morgan fingerprint density at radius 3 is 2.60 bits per heavy atom. The molecule has 2 unspecified atom stereocenters. The number of thiophene rings is 1. The van der Waals surface area contributed by atoms with E-state index in [1.54, 1.807) is 11.3 Å². The van der Waals surface area contributed by atoms with Crippen molar-refractivity contribution in [2.45, 2.75) is 32.4 Å². The van der Waals surface area contributed by atoms with E-state index in [0.29, 0.717) is 6.42 Å². The highest BCUT2D eigenvalue weighted by molar-refractivity contribution is 7.12. The van der Waals surface area contributed by atoms with Gasteiger partial charge in [0.05, 0.1) is 0 Å². The number of hydrogen-bond donors (Lipinski definition) is 2. The lowest BCUT2D eigenvalue weighted by atomic mass is 10.1. The Hall–Kier alpha value is -1.36. The van der Waals surface area contributed by atoms with Crippen molar-refractivity contribution in [3.05, 3.63) is 51.7 Å². The molecule has 4 heteroatoms. The fraction of sp³-hybridized carbons (Fsp3) is 0.375. The molecule has 0 aliphatic heterocycles. The minimum absolute atomic E-state index is 0.102. The van der Waals surface area contributed by atoms with E-state index < -0.39 is 0 Å². The number of rotatable bonds is 6. The first-order chi connectivity index (χ1) is 9.61. The van der Waals surface area contributed by atoms with Gasteiger partial charge in [0.15, 0.2) is 0 Å². The summed E-state index contributed by atoms with van der Waals surface area (Å²) in [5.41, 5.74) is 7.09. The zero-order valence-electron chi connectivity index (χ0n) is 11.9. The molecule has 108 valence electrons. The molecule has 2 aromatic rings. The van der Waals surface area contributed by atoms with Gasteiger partial charge in [-0.1, -0.05) is 18.2 Å². The van der Waals surface area contributed by atoms with E-state index >= 15 is 0 Å². The van der Waals surface area contributed by atoms with Gasteiger partial charge in [0, 0.05) is 22.4 Å². The molecule has 1 aromatic heterocycles. The lowest BCUT2D eigenvalue weighted by Crippen LogP contribution is -2.28. The molecule has 1 heterocycles. The first-order valence-electron chi connectivity index (χ1n) is 6.79. The van der Waals surface area contributed by atoms with Gasteiger partial charge in [-0.2, -0.15) is 0 Å². The fourth-order valence-electron chi connectivity index (χ4n) is 2.11. The quantitative estimate of drug-likeness (QED) is 0.860. The summed E-state index contributed by atoms with van der Waals surface area (Å²) < 4.78 is 6.13. The van der Waals surface area contributed by atoms with Crippen LogP contribution in [-0.4, -0.2) is 17.8 Å². The fourth-order valence-corrected chi connectivity index (χ4v) is 3.14. The van der Waals surface area contributed by atoms with Gasteiger partial charge in [0.1, 0.15) is 11.9 Å². The number of ether oxygens (including phenoxy) is 1. The van der Waals surface area contributed by atoms with Crippen molar-refractivity contribution in [1.29, 1.82) is 0 Å². The Balaban J connectivity index is 2.25. The van der Waals surface area contributed by atoms with Crippen LogP contribution in [-0.2, 0) is 6.42 Å². The first kappa shape index (κ1) is 15.0. The van der Waals surface area contributed by atoms with Gasteiger partial charge in [-0.3, -0.25) is 0 Å². The van der Waals surface area contributed by atoms with E-state index in [1.807, 2.05) is 31.2 Å². The lowest BCUT2D eigenvalue weighted by Gasteiger charge is -2.23. The van der Waals surface area contributed by atoms with Crippen molar-refractivity contribution in [3.8, 4) is 5.75 Å². The molecule has 3 N–H and O–H groups in total. The van der Waals surface area contributed by atoms with Gasteiger partial charge in [0.2, 0.25) is 0 Å². The van der Waals surface area contributed by atoms with Crippen molar-refractivity contribution in [1.82, 2.24) is 0 Å². The normalized spacial score (nSPS) is 14.0. The summed E-state index contributed by atoms with van der Waals surface area (Å²) in [6.45, 7) is 4.14. The van der Waals surface area contributed by atoms with E-state index in [4.69, 9.17) is 15.6 Å². The van der Waals surface area contributed by atoms with Crippen molar-refractivity contribution in [3.63, 3.8) is 0 Å². The number of hydrogen-bond acceptors (Lipinski definition) is 4. The minimum Gasteiger partial charge on any atom is -0.483 e. The smallest absolute Gasteiger partial charge is 0.148 e. The third-order valence-corrected chi connectivity index (χ3v) is 4.19. The second kappa shape index (κ2) is 6.88. The van der Waals surface area contributed by atoms with Crippen LogP contribution in [0, 0.1) is 6.92 Å². The number of nitrogens with two attached hydrogens (primary N) is 1. The Kier molecular flexibility index (Phi) is 5.17. The van der Waals surface area contributed by atoms with E-state index in [-0.39, 0.29) is 18.8 Å². The van der Waals surface area contributed by atoms with Crippen LogP contribution in [0.25, 0.3) is 0 Å². The molecule has 0 saturated heterocycles. The average Bonchev–Trinajstić information content (AvgIpc) is 2.84. The molecular formula is C16H21NO2S. The first-order valence-corrected chi connectivity index (χ1v) is 7.61. The highest BCUT2D eigenvalue weighted by Crippen LogP contribution is 2.31. The third kappa shape index (κ3) is 3.60. The number of aliphatic hydroxyl groups is 1. The largest absolute Gasteiger partial charge is 0.483 e. The maximum Gasteiger partial charge on any atom is 0.148 e. The van der Waals surface area contributed by atoms with Crippen LogP contribution < -0.4 is 10.5 Å². The summed E-state index contributed by atoms with van der Waals surface area (Å²) in [6, 6.07) is 11.9. The molecule has 2 rings (SSSR count). The molecule has 0 bridgehead atoms. The molecule has 0 aliphatic rings. The molecule has 2 atom stereocenters. The van der Waals surface area contributed by atoms with Crippen LogP contribution in [0.15, 0.2) is 36.4 Å². The van der Waals surface area contributed by atoms with E-state index in [0.717, 1.165) is 16.2 Å². The van der Waals surface area contributed by atoms with Crippen molar-refractivity contribution in [2.24, 2.45) is 5.73 Å². The van der Waals surface area contributed by atoms with Crippen LogP contribution in [0.5, 0.6) is 5.75 Å². The van der Waals surface area contributed by atoms with E-state index in [2.05, 4.69) is 19.1 Å². The van der Waals surface area contributed by atoms with Crippen LogP contribution in [0.3, 0.4) is 0 Å². The number of benzene rings is 1. The Morgan fingerprint density at radius 2 is 2.00 bits per heavy atom. The zero-order chi connectivity index (χ0) is 14.5. The average molecular weight is 291 g/mol. The topological polar surface area (TPSA) is 55.5 Å². The van der Waals surface area contributed by atoms with Gasteiger partial charge < -0.3 is 15.6 Å². The van der Waals surface area contributed by atoms with Crippen LogP contribution >= 0.6 is 11.3 Å². The molecule has 20 heavy (non-hydrogen) atoms. The summed E-state index contributed by atoms with van der Waals surface area (Å²) in [5, 5.41) is 9.13. The summed E-state index contributed by atoms with van der Waals surface area (Å²) in [6.07, 6.45) is 0.430. The van der Waals surface area contributed by atoms with Crippen LogP contribution in [0.4, 0.5) is 0 Å². The summed E-state index contributed by atoms with van der Waals surface area (Å²) in [7, 11) is 0. The molecular weight excluding hydrogens is 270 g/mol. The molecule has 0 saturated carbocycles. The zero-order valence-corrected chi connectivity index (χ0v) is 12.7. The molecule has 0 aliphatic carbocycles. The highest BCUT2D eigenvalue weighted by atomic mass is 32.1. The maximum atomic E-state index is 9.13. The van der Waals surface area contributed by atoms with Gasteiger partial charge in [-0.05, 0) is 44.0 Å². The monoisotopic (exact) mass is 291 g/mol. The Morgan fingerprint density at radius 1 is 1.25 bits per heavy atom. The Labute approximate surface area is 124 Å². The van der Waals surface area contributed by atoms with Gasteiger partial charge in [0.25, 0.3) is 0 Å². The molecule has 0 radical (unpaired) electrons. The number of aliphatic hydroxyl groups excluding tert-OH is 1. The van der Waals surface area contributed by atoms with Gasteiger partial charge >= 0.3 is 0 Å². The van der Waals surface area contributed by atoms with Crippen LogP contribution in [0.2, 0.25) is 0 Å². The predicted octanol–water partition coefficient (Wildman–Crippen LogP) is 3.06. The number of aryl methyl sites for hydroxylation is 1. The van der Waals surface area contributed by atoms with E-state index in [1.165, 1.54) is 4.88 Å². The molecule has 0 fully saturated rings. The van der Waals surface area contributed by atoms with Crippen molar-refractivity contribution < 1.29 is 9.84 Å². The number of para-hydroxylation sites is 1. The maximum absolute atomic E-state index is 9.13. The molecule has 0 spiro atoms.